The molecule has 0 aliphatic heterocycles. The van der Waals surface area contributed by atoms with Crippen LogP contribution in [-0.4, -0.2) is 27.0 Å². The Morgan fingerprint density at radius 1 is 1.42 bits per heavy atom. The van der Waals surface area contributed by atoms with Crippen LogP contribution in [0.4, 0.5) is 11.5 Å². The Bertz CT molecular complexity index is 576. The highest BCUT2D eigenvalue weighted by atomic mass is 16.6. The molecule has 98 valence electrons. The second-order valence-electron chi connectivity index (χ2n) is 3.53. The van der Waals surface area contributed by atoms with E-state index in [1.165, 1.54) is 25.6 Å². The van der Waals surface area contributed by atoms with Crippen LogP contribution in [0.1, 0.15) is 5.69 Å². The zero-order chi connectivity index (χ0) is 13.7. The Morgan fingerprint density at radius 2 is 2.26 bits per heavy atom. The fourth-order valence-corrected chi connectivity index (χ4v) is 1.42. The minimum atomic E-state index is -0.505. The smallest absolute Gasteiger partial charge is 0.311 e. The molecule has 8 heteroatoms. The summed E-state index contributed by atoms with van der Waals surface area (Å²) in [6.07, 6.45) is 3.00. The summed E-state index contributed by atoms with van der Waals surface area (Å²) in [6, 6.07) is 4.49. The summed E-state index contributed by atoms with van der Waals surface area (Å²) in [5.74, 6) is 0.443. The van der Waals surface area contributed by atoms with Crippen molar-refractivity contribution < 1.29 is 9.66 Å². The molecule has 0 aliphatic rings. The number of methoxy groups -OCH3 is 1. The lowest BCUT2D eigenvalue weighted by Gasteiger charge is -2.07. The first-order valence-corrected chi connectivity index (χ1v) is 5.39. The van der Waals surface area contributed by atoms with Gasteiger partial charge < -0.3 is 10.1 Å². The Labute approximate surface area is 108 Å². The maximum absolute atomic E-state index is 10.9. The average molecular weight is 261 g/mol. The summed E-state index contributed by atoms with van der Waals surface area (Å²) in [5, 5.41) is 13.8. The minimum absolute atomic E-state index is 0.116. The molecule has 0 amide bonds. The summed E-state index contributed by atoms with van der Waals surface area (Å²) in [5.41, 5.74) is 0.587. The normalized spacial score (nSPS) is 9.95. The van der Waals surface area contributed by atoms with Crippen LogP contribution in [0.2, 0.25) is 0 Å². The van der Waals surface area contributed by atoms with E-state index in [-0.39, 0.29) is 11.5 Å². The van der Waals surface area contributed by atoms with Crippen molar-refractivity contribution in [3.63, 3.8) is 0 Å². The molecule has 0 saturated carbocycles. The number of rotatable bonds is 5. The zero-order valence-electron chi connectivity index (χ0n) is 10.1. The topological polar surface area (TPSA) is 103 Å². The van der Waals surface area contributed by atoms with Gasteiger partial charge in [0, 0.05) is 18.3 Å². The van der Waals surface area contributed by atoms with E-state index in [1.807, 2.05) is 0 Å². The van der Waals surface area contributed by atoms with Gasteiger partial charge in [-0.05, 0) is 6.07 Å². The Balaban J connectivity index is 2.20. The molecule has 0 atom stereocenters. The Hall–Kier alpha value is -2.77. The van der Waals surface area contributed by atoms with Crippen LogP contribution in [0.3, 0.4) is 0 Å². The number of nitrogens with one attached hydrogen (secondary N) is 1. The van der Waals surface area contributed by atoms with Gasteiger partial charge in [-0.2, -0.15) is 4.98 Å². The first kappa shape index (κ1) is 12.7. The van der Waals surface area contributed by atoms with Gasteiger partial charge in [-0.3, -0.25) is 10.1 Å². The number of anilines is 1. The number of aromatic nitrogens is 3. The summed E-state index contributed by atoms with van der Waals surface area (Å²) in [4.78, 5) is 22.2. The van der Waals surface area contributed by atoms with Crippen molar-refractivity contribution in [2.24, 2.45) is 0 Å². The molecule has 2 aromatic rings. The molecule has 0 unspecified atom stereocenters. The Morgan fingerprint density at radius 3 is 2.89 bits per heavy atom. The maximum atomic E-state index is 10.9. The molecule has 19 heavy (non-hydrogen) atoms. The third-order valence-corrected chi connectivity index (χ3v) is 2.33. The number of hydrogen-bond donors (Lipinski definition) is 1. The number of nitrogens with zero attached hydrogens (tertiary/aromatic N) is 4. The van der Waals surface area contributed by atoms with Crippen molar-refractivity contribution in [3.8, 4) is 5.88 Å². The number of ether oxygens (including phenoxy) is 1. The third kappa shape index (κ3) is 3.12. The van der Waals surface area contributed by atoms with Crippen molar-refractivity contribution >= 4 is 11.5 Å². The van der Waals surface area contributed by atoms with Gasteiger partial charge in [0.15, 0.2) is 0 Å². The number of hydrogen-bond acceptors (Lipinski definition) is 7. The molecule has 0 aromatic carbocycles. The van der Waals surface area contributed by atoms with Gasteiger partial charge >= 0.3 is 5.69 Å². The van der Waals surface area contributed by atoms with Crippen LogP contribution in [-0.2, 0) is 6.54 Å². The summed E-state index contributed by atoms with van der Waals surface area (Å²) in [6.45, 7) is 0.309. The van der Waals surface area contributed by atoms with Crippen LogP contribution >= 0.6 is 0 Å². The third-order valence-electron chi connectivity index (χ3n) is 2.33. The van der Waals surface area contributed by atoms with Crippen molar-refractivity contribution in [3.05, 3.63) is 46.5 Å². The van der Waals surface area contributed by atoms with Crippen LogP contribution in [0, 0.1) is 10.1 Å². The van der Waals surface area contributed by atoms with E-state index in [0.29, 0.717) is 18.1 Å². The minimum Gasteiger partial charge on any atom is -0.481 e. The highest BCUT2D eigenvalue weighted by molar-refractivity contribution is 5.57. The van der Waals surface area contributed by atoms with Crippen molar-refractivity contribution in [1.29, 1.82) is 0 Å². The molecule has 0 fully saturated rings. The van der Waals surface area contributed by atoms with Crippen molar-refractivity contribution in [2.75, 3.05) is 12.4 Å². The van der Waals surface area contributed by atoms with Gasteiger partial charge in [-0.25, -0.2) is 9.97 Å². The van der Waals surface area contributed by atoms with E-state index in [2.05, 4.69) is 20.3 Å². The molecule has 1 N–H and O–H groups in total. The molecule has 2 aromatic heterocycles. The predicted octanol–water partition coefficient (Wildman–Crippen LogP) is 1.40. The lowest BCUT2D eigenvalue weighted by Crippen LogP contribution is -2.06. The zero-order valence-corrected chi connectivity index (χ0v) is 10.1. The van der Waals surface area contributed by atoms with Gasteiger partial charge in [0.25, 0.3) is 0 Å². The molecule has 0 spiro atoms. The molecular formula is C11H11N5O3. The van der Waals surface area contributed by atoms with Gasteiger partial charge in [0.1, 0.15) is 6.33 Å². The number of pyridine rings is 1. The van der Waals surface area contributed by atoms with Crippen molar-refractivity contribution in [2.45, 2.75) is 6.54 Å². The molecule has 0 saturated heterocycles. The second-order valence-corrected chi connectivity index (χ2v) is 3.53. The fraction of sp³-hybridized carbons (Fsp3) is 0.182. The summed E-state index contributed by atoms with van der Waals surface area (Å²) >= 11 is 0. The molecule has 8 nitrogen and oxygen atoms in total. The molecule has 2 heterocycles. The summed E-state index contributed by atoms with van der Waals surface area (Å²) in [7, 11) is 1.45. The molecular weight excluding hydrogens is 250 g/mol. The van der Waals surface area contributed by atoms with Gasteiger partial charge in [-0.1, -0.05) is 0 Å². The van der Waals surface area contributed by atoms with E-state index >= 15 is 0 Å². The first-order chi connectivity index (χ1) is 9.20. The van der Waals surface area contributed by atoms with Crippen LogP contribution in [0.5, 0.6) is 5.88 Å². The lowest BCUT2D eigenvalue weighted by atomic mass is 10.3. The standard InChI is InChI=1S/C11H11N5O3/c1-19-10-3-2-9(16(17)18)11(15-10)13-6-8-4-5-12-7-14-8/h2-5,7H,6H2,1H3,(H,13,15). The Kier molecular flexibility index (Phi) is 3.81. The van der Waals surface area contributed by atoms with Gasteiger partial charge in [0.05, 0.1) is 24.3 Å². The molecule has 0 radical (unpaired) electrons. The highest BCUT2D eigenvalue weighted by Crippen LogP contribution is 2.25. The van der Waals surface area contributed by atoms with E-state index in [9.17, 15) is 10.1 Å². The summed E-state index contributed by atoms with van der Waals surface area (Å²) < 4.78 is 4.94. The highest BCUT2D eigenvalue weighted by Gasteiger charge is 2.16. The number of nitro groups is 1. The second kappa shape index (κ2) is 5.71. The van der Waals surface area contributed by atoms with E-state index in [1.54, 1.807) is 12.3 Å². The quantitative estimate of drug-likeness (QED) is 0.640. The predicted molar refractivity (Wildman–Crippen MR) is 66.8 cm³/mol. The van der Waals surface area contributed by atoms with Crippen LogP contribution in [0.15, 0.2) is 30.7 Å². The van der Waals surface area contributed by atoms with E-state index < -0.39 is 4.92 Å². The molecule has 0 aliphatic carbocycles. The maximum Gasteiger partial charge on any atom is 0.311 e. The average Bonchev–Trinajstić information content (AvgIpc) is 2.45. The van der Waals surface area contributed by atoms with E-state index in [0.717, 1.165) is 0 Å². The first-order valence-electron chi connectivity index (χ1n) is 5.39. The largest absolute Gasteiger partial charge is 0.481 e. The molecule has 2 rings (SSSR count). The fourth-order valence-electron chi connectivity index (χ4n) is 1.42. The lowest BCUT2D eigenvalue weighted by molar-refractivity contribution is -0.384. The van der Waals surface area contributed by atoms with Crippen LogP contribution < -0.4 is 10.1 Å². The SMILES string of the molecule is COc1ccc([N+](=O)[O-])c(NCc2ccncn2)n1. The molecule has 0 bridgehead atoms. The monoisotopic (exact) mass is 261 g/mol. The van der Waals surface area contributed by atoms with Gasteiger partial charge in [-0.15, -0.1) is 0 Å². The van der Waals surface area contributed by atoms with Crippen molar-refractivity contribution in [1.82, 2.24) is 15.0 Å². The van der Waals surface area contributed by atoms with E-state index in [4.69, 9.17) is 4.74 Å². The van der Waals surface area contributed by atoms with Gasteiger partial charge in [0.2, 0.25) is 11.7 Å². The van der Waals surface area contributed by atoms with Crippen LogP contribution in [0.25, 0.3) is 0 Å².